The van der Waals surface area contributed by atoms with Crippen molar-refractivity contribution in [3.8, 4) is 11.5 Å². The lowest BCUT2D eigenvalue weighted by Gasteiger charge is -2.33. The molecule has 0 aliphatic carbocycles. The van der Waals surface area contributed by atoms with Crippen molar-refractivity contribution < 1.29 is 19.0 Å². The first-order valence-electron chi connectivity index (χ1n) is 8.10. The molecule has 1 heterocycles. The van der Waals surface area contributed by atoms with Gasteiger partial charge in [-0.25, -0.2) is 0 Å². The maximum Gasteiger partial charge on any atom is 0.254 e. The summed E-state index contributed by atoms with van der Waals surface area (Å²) in [4.78, 5) is 14.7. The Labute approximate surface area is 162 Å². The zero-order chi connectivity index (χ0) is 18.7. The van der Waals surface area contributed by atoms with Crippen molar-refractivity contribution in [1.29, 1.82) is 0 Å². The Morgan fingerprint density at radius 3 is 2.38 bits per heavy atom. The summed E-state index contributed by atoms with van der Waals surface area (Å²) >= 11 is 12.1. The summed E-state index contributed by atoms with van der Waals surface area (Å²) in [6.07, 6.45) is -0.255. The molecule has 1 saturated heterocycles. The first kappa shape index (κ1) is 18.8. The van der Waals surface area contributed by atoms with Gasteiger partial charge >= 0.3 is 0 Å². The van der Waals surface area contributed by atoms with Crippen molar-refractivity contribution in [3.05, 3.63) is 57.6 Å². The topological polar surface area (TPSA) is 48.0 Å². The molecule has 2 aromatic carbocycles. The number of rotatable bonds is 4. The van der Waals surface area contributed by atoms with E-state index < -0.39 is 0 Å². The van der Waals surface area contributed by atoms with Gasteiger partial charge in [0.1, 0.15) is 17.6 Å². The van der Waals surface area contributed by atoms with Gasteiger partial charge in [-0.15, -0.1) is 0 Å². The van der Waals surface area contributed by atoms with E-state index in [0.29, 0.717) is 46.8 Å². The summed E-state index contributed by atoms with van der Waals surface area (Å²) in [6.45, 7) is 1.38. The number of carbonyl (C=O) groups excluding carboxylic acids is 1. The number of carbonyl (C=O) groups is 1. The van der Waals surface area contributed by atoms with E-state index in [-0.39, 0.29) is 12.0 Å². The molecule has 1 amide bonds. The predicted molar refractivity (Wildman–Crippen MR) is 101 cm³/mol. The third-order valence-corrected chi connectivity index (χ3v) is 5.01. The van der Waals surface area contributed by atoms with Crippen molar-refractivity contribution in [2.24, 2.45) is 0 Å². The molecule has 0 unspecified atom stereocenters. The van der Waals surface area contributed by atoms with E-state index in [1.54, 1.807) is 49.5 Å². The van der Waals surface area contributed by atoms with Crippen LogP contribution >= 0.6 is 23.2 Å². The van der Waals surface area contributed by atoms with E-state index in [2.05, 4.69) is 0 Å². The summed E-state index contributed by atoms with van der Waals surface area (Å²) in [5.41, 5.74) is 1.40. The minimum Gasteiger partial charge on any atom is -0.497 e. The Morgan fingerprint density at radius 2 is 1.77 bits per heavy atom. The van der Waals surface area contributed by atoms with Crippen LogP contribution in [0.1, 0.15) is 22.0 Å². The SMILES string of the molecule is COc1cc(OC)cc(C(=O)N2CCO[C@H](c3ccc(Cl)c(Cl)c3)C2)c1. The highest BCUT2D eigenvalue weighted by Gasteiger charge is 2.27. The maximum absolute atomic E-state index is 12.9. The normalized spacial score (nSPS) is 17.1. The van der Waals surface area contributed by atoms with Gasteiger partial charge in [-0.05, 0) is 29.8 Å². The number of hydrogen-bond donors (Lipinski definition) is 0. The van der Waals surface area contributed by atoms with Crippen molar-refractivity contribution >= 4 is 29.1 Å². The zero-order valence-electron chi connectivity index (χ0n) is 14.5. The molecule has 138 valence electrons. The lowest BCUT2D eigenvalue weighted by atomic mass is 10.1. The standard InChI is InChI=1S/C19H19Cl2NO4/c1-24-14-7-13(8-15(10-14)25-2)19(23)22-5-6-26-18(11-22)12-3-4-16(20)17(21)9-12/h3-4,7-10,18H,5-6,11H2,1-2H3/t18-/m0/s1. The predicted octanol–water partition coefficient (Wildman–Crippen LogP) is 4.22. The number of halogens is 2. The molecule has 1 fully saturated rings. The fourth-order valence-corrected chi connectivity index (χ4v) is 3.17. The van der Waals surface area contributed by atoms with Gasteiger partial charge in [-0.2, -0.15) is 0 Å². The highest BCUT2D eigenvalue weighted by molar-refractivity contribution is 6.42. The molecule has 0 saturated carbocycles. The molecule has 1 atom stereocenters. The molecule has 0 aromatic heterocycles. The minimum atomic E-state index is -0.255. The van der Waals surface area contributed by atoms with Crippen molar-refractivity contribution in [1.82, 2.24) is 4.90 Å². The molecule has 2 aromatic rings. The highest BCUT2D eigenvalue weighted by atomic mass is 35.5. The fourth-order valence-electron chi connectivity index (χ4n) is 2.86. The van der Waals surface area contributed by atoms with Crippen LogP contribution in [0.5, 0.6) is 11.5 Å². The largest absolute Gasteiger partial charge is 0.497 e. The molecule has 1 aliphatic rings. The number of hydrogen-bond acceptors (Lipinski definition) is 4. The second kappa shape index (κ2) is 8.16. The Morgan fingerprint density at radius 1 is 1.08 bits per heavy atom. The minimum absolute atomic E-state index is 0.101. The Bertz CT molecular complexity index is 790. The molecule has 26 heavy (non-hydrogen) atoms. The number of benzene rings is 2. The van der Waals surface area contributed by atoms with Crippen LogP contribution in [0.4, 0.5) is 0 Å². The van der Waals surface area contributed by atoms with E-state index in [9.17, 15) is 4.79 Å². The smallest absolute Gasteiger partial charge is 0.254 e. The average Bonchev–Trinajstić information content (AvgIpc) is 2.69. The molecule has 5 nitrogen and oxygen atoms in total. The first-order chi connectivity index (χ1) is 12.5. The highest BCUT2D eigenvalue weighted by Crippen LogP contribution is 2.30. The number of ether oxygens (including phenoxy) is 3. The summed E-state index contributed by atoms with van der Waals surface area (Å²) < 4.78 is 16.3. The van der Waals surface area contributed by atoms with Gasteiger partial charge in [0.25, 0.3) is 5.91 Å². The van der Waals surface area contributed by atoms with E-state index in [1.807, 2.05) is 6.07 Å². The Hall–Kier alpha value is -1.95. The van der Waals surface area contributed by atoms with E-state index in [4.69, 9.17) is 37.4 Å². The van der Waals surface area contributed by atoms with Gasteiger partial charge < -0.3 is 19.1 Å². The lowest BCUT2D eigenvalue weighted by molar-refractivity contribution is -0.0228. The van der Waals surface area contributed by atoms with Crippen LogP contribution in [0.25, 0.3) is 0 Å². The molecule has 7 heteroatoms. The molecule has 0 bridgehead atoms. The molecule has 0 N–H and O–H groups in total. The van der Waals surface area contributed by atoms with Gasteiger partial charge in [0.15, 0.2) is 0 Å². The molecular weight excluding hydrogens is 377 g/mol. The fraction of sp³-hybridized carbons (Fsp3) is 0.316. The lowest BCUT2D eigenvalue weighted by Crippen LogP contribution is -2.42. The van der Waals surface area contributed by atoms with Crippen molar-refractivity contribution in [3.63, 3.8) is 0 Å². The monoisotopic (exact) mass is 395 g/mol. The molecule has 3 rings (SSSR count). The zero-order valence-corrected chi connectivity index (χ0v) is 16.0. The van der Waals surface area contributed by atoms with E-state index in [1.165, 1.54) is 0 Å². The van der Waals surface area contributed by atoms with Crippen LogP contribution in [0.3, 0.4) is 0 Å². The number of nitrogens with zero attached hydrogens (tertiary/aromatic N) is 1. The van der Waals surface area contributed by atoms with Gasteiger partial charge in [0.2, 0.25) is 0 Å². The Balaban J connectivity index is 1.80. The third kappa shape index (κ3) is 4.06. The maximum atomic E-state index is 12.9. The Kier molecular flexibility index (Phi) is 5.91. The van der Waals surface area contributed by atoms with Gasteiger partial charge in [0.05, 0.1) is 37.4 Å². The second-order valence-electron chi connectivity index (χ2n) is 5.89. The van der Waals surface area contributed by atoms with Crippen LogP contribution < -0.4 is 9.47 Å². The first-order valence-corrected chi connectivity index (χ1v) is 8.86. The number of methoxy groups -OCH3 is 2. The van der Waals surface area contributed by atoms with Crippen LogP contribution in [0, 0.1) is 0 Å². The number of morpholine rings is 1. The second-order valence-corrected chi connectivity index (χ2v) is 6.70. The number of amides is 1. The van der Waals surface area contributed by atoms with Crippen LogP contribution in [0.2, 0.25) is 10.0 Å². The molecule has 0 spiro atoms. The van der Waals surface area contributed by atoms with E-state index >= 15 is 0 Å². The summed E-state index contributed by atoms with van der Waals surface area (Å²) in [5.74, 6) is 1.04. The van der Waals surface area contributed by atoms with Crippen LogP contribution in [0.15, 0.2) is 36.4 Å². The summed E-state index contributed by atoms with van der Waals surface area (Å²) in [7, 11) is 3.11. The van der Waals surface area contributed by atoms with Gasteiger partial charge in [0, 0.05) is 18.2 Å². The average molecular weight is 396 g/mol. The summed E-state index contributed by atoms with van der Waals surface area (Å²) in [6, 6.07) is 10.5. The third-order valence-electron chi connectivity index (χ3n) is 4.27. The summed E-state index contributed by atoms with van der Waals surface area (Å²) in [5, 5.41) is 0.955. The quantitative estimate of drug-likeness (QED) is 0.777. The molecule has 1 aliphatic heterocycles. The van der Waals surface area contributed by atoms with Gasteiger partial charge in [-0.1, -0.05) is 29.3 Å². The molecular formula is C19H19Cl2NO4. The van der Waals surface area contributed by atoms with Crippen LogP contribution in [-0.2, 0) is 4.74 Å². The van der Waals surface area contributed by atoms with E-state index in [0.717, 1.165) is 5.56 Å². The van der Waals surface area contributed by atoms with Gasteiger partial charge in [-0.3, -0.25) is 4.79 Å². The van der Waals surface area contributed by atoms with Crippen molar-refractivity contribution in [2.45, 2.75) is 6.10 Å². The van der Waals surface area contributed by atoms with Crippen molar-refractivity contribution in [2.75, 3.05) is 33.9 Å². The van der Waals surface area contributed by atoms with Crippen LogP contribution in [-0.4, -0.2) is 44.7 Å². The molecule has 0 radical (unpaired) electrons.